The number of hydrogen-bond acceptors (Lipinski definition) is 6. The molecule has 152 valence electrons. The van der Waals surface area contributed by atoms with Crippen LogP contribution in [0.3, 0.4) is 0 Å². The van der Waals surface area contributed by atoms with Gasteiger partial charge in [0.2, 0.25) is 0 Å². The maximum absolute atomic E-state index is 12.8. The van der Waals surface area contributed by atoms with Gasteiger partial charge in [-0.2, -0.15) is 0 Å². The fourth-order valence-corrected chi connectivity index (χ4v) is 5.31. The number of Topliss-reactive ketones (excluding diaryl/α,β-unsaturated/α-hetero) is 1. The topological polar surface area (TPSA) is 55.7 Å². The monoisotopic (exact) mass is 441 g/mol. The van der Waals surface area contributed by atoms with Gasteiger partial charge in [0.1, 0.15) is 16.2 Å². The molecule has 0 saturated carbocycles. The maximum atomic E-state index is 12.8. The van der Waals surface area contributed by atoms with Crippen molar-refractivity contribution >= 4 is 49.9 Å². The summed E-state index contributed by atoms with van der Waals surface area (Å²) < 4.78 is 1.01. The lowest BCUT2D eigenvalue weighted by Crippen LogP contribution is -2.03. The van der Waals surface area contributed by atoms with Crippen LogP contribution in [0.4, 0.5) is 0 Å². The molecule has 0 unspecified atom stereocenters. The predicted molar refractivity (Wildman–Crippen MR) is 129 cm³/mol. The molecule has 5 aromatic rings. The highest BCUT2D eigenvalue weighted by Gasteiger charge is 2.17. The van der Waals surface area contributed by atoms with Crippen molar-refractivity contribution in [1.29, 1.82) is 0 Å². The Morgan fingerprint density at radius 1 is 0.935 bits per heavy atom. The molecule has 0 N–H and O–H groups in total. The van der Waals surface area contributed by atoms with Crippen LogP contribution in [0, 0.1) is 13.8 Å². The summed E-state index contributed by atoms with van der Waals surface area (Å²) in [4.78, 5) is 17.5. The Balaban J connectivity index is 1.43. The van der Waals surface area contributed by atoms with Gasteiger partial charge in [-0.1, -0.05) is 78.0 Å². The summed E-state index contributed by atoms with van der Waals surface area (Å²) in [5.74, 6) is 0.364. The van der Waals surface area contributed by atoms with Gasteiger partial charge in [0.15, 0.2) is 5.78 Å². The molecular weight excluding hydrogens is 422 g/mol. The summed E-state index contributed by atoms with van der Waals surface area (Å²) in [7, 11) is 0. The zero-order valence-corrected chi connectivity index (χ0v) is 18.8. The van der Waals surface area contributed by atoms with Crippen LogP contribution in [0.25, 0.3) is 32.2 Å². The van der Waals surface area contributed by atoms with Gasteiger partial charge in [-0.25, -0.2) is 4.98 Å². The first-order valence-corrected chi connectivity index (χ1v) is 11.7. The number of ketones is 1. The largest absolute Gasteiger partial charge is 0.293 e. The maximum Gasteiger partial charge on any atom is 0.173 e. The van der Waals surface area contributed by atoms with E-state index in [9.17, 15) is 4.79 Å². The third-order valence-electron chi connectivity index (χ3n) is 5.13. The molecule has 5 rings (SSSR count). The van der Waals surface area contributed by atoms with Crippen LogP contribution in [0.5, 0.6) is 0 Å². The zero-order valence-electron chi connectivity index (χ0n) is 17.1. The predicted octanol–water partition coefficient (Wildman–Crippen LogP) is 6.50. The number of rotatable bonds is 5. The molecule has 3 aromatic carbocycles. The number of nitrogens with zero attached hydrogens (tertiary/aromatic N) is 3. The second-order valence-corrected chi connectivity index (χ2v) is 9.57. The fourth-order valence-electron chi connectivity index (χ4n) is 3.50. The normalized spacial score (nSPS) is 11.3. The number of hydrogen-bond donors (Lipinski definition) is 0. The number of carbonyl (C=O) groups is 1. The van der Waals surface area contributed by atoms with E-state index in [2.05, 4.69) is 41.4 Å². The molecule has 6 heteroatoms. The number of aromatic nitrogens is 3. The van der Waals surface area contributed by atoms with Gasteiger partial charge in [0, 0.05) is 11.1 Å². The van der Waals surface area contributed by atoms with Crippen molar-refractivity contribution < 1.29 is 4.79 Å². The summed E-state index contributed by atoms with van der Waals surface area (Å²) in [6, 6.07) is 22.1. The minimum atomic E-state index is 0.0697. The smallest absolute Gasteiger partial charge is 0.173 e. The zero-order chi connectivity index (χ0) is 21.4. The third-order valence-corrected chi connectivity index (χ3v) is 7.06. The lowest BCUT2D eigenvalue weighted by molar-refractivity contribution is 0.102. The van der Waals surface area contributed by atoms with Crippen LogP contribution in [-0.4, -0.2) is 26.7 Å². The van der Waals surface area contributed by atoms with Gasteiger partial charge in [0.05, 0.1) is 15.5 Å². The van der Waals surface area contributed by atoms with Crippen molar-refractivity contribution in [3.63, 3.8) is 0 Å². The standard InChI is InChI=1S/C25H19N3OS2/c1-15-7-9-18(10-8-15)22-24-23(26-16(2)31-24)25(28-27-22)30-14-21(29)20-12-11-17-5-3-4-6-19(17)13-20/h3-13H,14H2,1-2H3. The van der Waals surface area contributed by atoms with Crippen LogP contribution in [0.15, 0.2) is 71.8 Å². The molecule has 2 aromatic heterocycles. The molecule has 0 fully saturated rings. The van der Waals surface area contributed by atoms with Crippen molar-refractivity contribution in [2.75, 3.05) is 5.75 Å². The van der Waals surface area contributed by atoms with Gasteiger partial charge < -0.3 is 0 Å². The molecule has 2 heterocycles. The lowest BCUT2D eigenvalue weighted by Gasteiger charge is -2.06. The second-order valence-electron chi connectivity index (χ2n) is 7.40. The first-order chi connectivity index (χ1) is 15.1. The molecule has 4 nitrogen and oxygen atoms in total. The van der Waals surface area contributed by atoms with E-state index in [0.717, 1.165) is 37.3 Å². The fraction of sp³-hybridized carbons (Fsp3) is 0.120. The van der Waals surface area contributed by atoms with Crippen molar-refractivity contribution in [1.82, 2.24) is 15.2 Å². The Kier molecular flexibility index (Phi) is 5.26. The summed E-state index contributed by atoms with van der Waals surface area (Å²) in [6.07, 6.45) is 0. The van der Waals surface area contributed by atoms with Crippen molar-refractivity contribution in [3.05, 3.63) is 82.9 Å². The van der Waals surface area contributed by atoms with Gasteiger partial charge in [-0.3, -0.25) is 4.79 Å². The molecule has 0 bridgehead atoms. The highest BCUT2D eigenvalue weighted by molar-refractivity contribution is 8.00. The summed E-state index contributed by atoms with van der Waals surface area (Å²) >= 11 is 3.01. The number of carbonyl (C=O) groups excluding carboxylic acids is 1. The molecule has 0 aliphatic rings. The molecule has 0 spiro atoms. The van der Waals surface area contributed by atoms with Crippen LogP contribution < -0.4 is 0 Å². The molecule has 0 amide bonds. The first kappa shape index (κ1) is 19.8. The average molecular weight is 442 g/mol. The third kappa shape index (κ3) is 3.96. The number of thiazole rings is 1. The second kappa shape index (κ2) is 8.21. The molecule has 0 radical (unpaired) electrons. The molecule has 0 atom stereocenters. The van der Waals surface area contributed by atoms with E-state index < -0.39 is 0 Å². The first-order valence-electron chi connectivity index (χ1n) is 9.94. The minimum Gasteiger partial charge on any atom is -0.293 e. The quantitative estimate of drug-likeness (QED) is 0.230. The molecule has 0 aliphatic heterocycles. The van der Waals surface area contributed by atoms with Gasteiger partial charge in [0.25, 0.3) is 0 Å². The Labute approximate surface area is 188 Å². The van der Waals surface area contributed by atoms with Gasteiger partial charge in [-0.15, -0.1) is 21.5 Å². The van der Waals surface area contributed by atoms with E-state index in [1.54, 1.807) is 11.3 Å². The number of benzene rings is 3. The van der Waals surface area contributed by atoms with Crippen LogP contribution in [0.2, 0.25) is 0 Å². The molecule has 0 saturated heterocycles. The van der Waals surface area contributed by atoms with Crippen LogP contribution in [0.1, 0.15) is 20.9 Å². The van der Waals surface area contributed by atoms with E-state index in [4.69, 9.17) is 4.98 Å². The Bertz CT molecular complexity index is 1420. The molecule has 31 heavy (non-hydrogen) atoms. The number of aryl methyl sites for hydroxylation is 2. The molecular formula is C25H19N3OS2. The summed E-state index contributed by atoms with van der Waals surface area (Å²) in [6.45, 7) is 4.05. The van der Waals surface area contributed by atoms with Crippen molar-refractivity contribution in [2.45, 2.75) is 18.9 Å². The van der Waals surface area contributed by atoms with E-state index in [0.29, 0.717) is 16.3 Å². The summed E-state index contributed by atoms with van der Waals surface area (Å²) in [5, 5.41) is 12.8. The van der Waals surface area contributed by atoms with Crippen LogP contribution >= 0.6 is 23.1 Å². The lowest BCUT2D eigenvalue weighted by atomic mass is 10.1. The van der Waals surface area contributed by atoms with Gasteiger partial charge >= 0.3 is 0 Å². The van der Waals surface area contributed by atoms with E-state index in [1.165, 1.54) is 17.3 Å². The number of fused-ring (bicyclic) bond motifs is 2. The highest BCUT2D eigenvalue weighted by atomic mass is 32.2. The Morgan fingerprint density at radius 3 is 2.52 bits per heavy atom. The van der Waals surface area contributed by atoms with Gasteiger partial charge in [-0.05, 0) is 30.7 Å². The SMILES string of the molecule is Cc1ccc(-c2nnc(SCC(=O)c3ccc4ccccc4c3)c3nc(C)sc23)cc1. The van der Waals surface area contributed by atoms with Crippen molar-refractivity contribution in [3.8, 4) is 11.3 Å². The molecule has 0 aliphatic carbocycles. The summed E-state index contributed by atoms with van der Waals surface area (Å²) in [5.41, 5.74) is 4.60. The van der Waals surface area contributed by atoms with E-state index in [1.807, 2.05) is 49.4 Å². The number of thioether (sulfide) groups is 1. The minimum absolute atomic E-state index is 0.0697. The van der Waals surface area contributed by atoms with E-state index in [-0.39, 0.29) is 5.78 Å². The Morgan fingerprint density at radius 2 is 1.71 bits per heavy atom. The highest BCUT2D eigenvalue weighted by Crippen LogP contribution is 2.35. The van der Waals surface area contributed by atoms with E-state index >= 15 is 0 Å². The average Bonchev–Trinajstić information content (AvgIpc) is 3.19. The Hall–Kier alpha value is -3.09. The van der Waals surface area contributed by atoms with Crippen LogP contribution in [-0.2, 0) is 0 Å². The van der Waals surface area contributed by atoms with Crippen molar-refractivity contribution in [2.24, 2.45) is 0 Å².